The minimum atomic E-state index is -0.545. The van der Waals surface area contributed by atoms with Crippen molar-refractivity contribution in [3.05, 3.63) is 66.1 Å². The number of anilines is 2. The number of carbonyl (C=O) groups excluding carboxylic acids is 1. The van der Waals surface area contributed by atoms with Gasteiger partial charge in [0, 0.05) is 29.8 Å². The molecule has 0 amide bonds. The van der Waals surface area contributed by atoms with Crippen molar-refractivity contribution >= 4 is 17.6 Å². The van der Waals surface area contributed by atoms with Crippen molar-refractivity contribution in [2.45, 2.75) is 33.3 Å². The Morgan fingerprint density at radius 2 is 1.93 bits per heavy atom. The molecule has 27 heavy (non-hydrogen) atoms. The molecule has 0 bridgehead atoms. The summed E-state index contributed by atoms with van der Waals surface area (Å²) in [6, 6.07) is 11.0. The molecule has 1 N–H and O–H groups in total. The van der Waals surface area contributed by atoms with Gasteiger partial charge in [0.05, 0.1) is 11.3 Å². The van der Waals surface area contributed by atoms with E-state index in [9.17, 15) is 4.79 Å². The number of nitrogens with zero attached hydrogens (tertiary/aromatic N) is 3. The maximum Gasteiger partial charge on any atom is 0.338 e. The number of carbonyl (C=O) groups is 1. The van der Waals surface area contributed by atoms with E-state index in [-0.39, 0.29) is 5.97 Å². The lowest BCUT2D eigenvalue weighted by Gasteiger charge is -2.20. The van der Waals surface area contributed by atoms with E-state index >= 15 is 0 Å². The monoisotopic (exact) mass is 362 g/mol. The van der Waals surface area contributed by atoms with E-state index in [0.29, 0.717) is 11.5 Å². The van der Waals surface area contributed by atoms with Gasteiger partial charge in [-0.05, 0) is 63.6 Å². The zero-order chi connectivity index (χ0) is 19.4. The molecule has 2 aromatic heterocycles. The maximum atomic E-state index is 12.3. The fourth-order valence-electron chi connectivity index (χ4n) is 2.44. The maximum absolute atomic E-state index is 12.3. The van der Waals surface area contributed by atoms with Gasteiger partial charge in [-0.1, -0.05) is 6.07 Å². The quantitative estimate of drug-likeness (QED) is 0.686. The van der Waals surface area contributed by atoms with Crippen LogP contribution in [0.2, 0.25) is 0 Å². The third-order valence-corrected chi connectivity index (χ3v) is 3.73. The molecule has 3 rings (SSSR count). The highest BCUT2D eigenvalue weighted by atomic mass is 16.6. The Kier molecular flexibility index (Phi) is 5.16. The van der Waals surface area contributed by atoms with Crippen molar-refractivity contribution < 1.29 is 9.53 Å². The molecule has 0 atom stereocenters. The van der Waals surface area contributed by atoms with Crippen molar-refractivity contribution in [1.29, 1.82) is 0 Å². The van der Waals surface area contributed by atoms with Gasteiger partial charge in [-0.3, -0.25) is 4.98 Å². The van der Waals surface area contributed by atoms with Gasteiger partial charge in [-0.25, -0.2) is 14.8 Å². The van der Waals surface area contributed by atoms with Crippen LogP contribution in [0.3, 0.4) is 0 Å². The lowest BCUT2D eigenvalue weighted by Crippen LogP contribution is -2.23. The summed E-state index contributed by atoms with van der Waals surface area (Å²) in [6.07, 6.45) is 5.15. The van der Waals surface area contributed by atoms with Crippen LogP contribution in [-0.4, -0.2) is 26.5 Å². The van der Waals surface area contributed by atoms with Gasteiger partial charge in [0.15, 0.2) is 0 Å². The summed E-state index contributed by atoms with van der Waals surface area (Å²) in [5.41, 5.74) is 3.32. The van der Waals surface area contributed by atoms with Crippen LogP contribution in [0.1, 0.15) is 36.7 Å². The van der Waals surface area contributed by atoms with E-state index < -0.39 is 5.60 Å². The van der Waals surface area contributed by atoms with Crippen LogP contribution in [-0.2, 0) is 4.74 Å². The third kappa shape index (κ3) is 4.88. The van der Waals surface area contributed by atoms with Crippen molar-refractivity contribution in [2.24, 2.45) is 0 Å². The van der Waals surface area contributed by atoms with Crippen molar-refractivity contribution in [1.82, 2.24) is 15.0 Å². The fourth-order valence-corrected chi connectivity index (χ4v) is 2.44. The Labute approximate surface area is 158 Å². The second-order valence-corrected chi connectivity index (χ2v) is 7.16. The van der Waals surface area contributed by atoms with Crippen molar-refractivity contribution in [3.63, 3.8) is 0 Å². The van der Waals surface area contributed by atoms with Gasteiger partial charge in [0.1, 0.15) is 5.60 Å². The summed E-state index contributed by atoms with van der Waals surface area (Å²) in [7, 11) is 0. The molecule has 138 valence electrons. The van der Waals surface area contributed by atoms with Crippen LogP contribution in [0, 0.1) is 6.92 Å². The number of ether oxygens (including phenoxy) is 1. The van der Waals surface area contributed by atoms with Gasteiger partial charge in [-0.15, -0.1) is 0 Å². The van der Waals surface area contributed by atoms with E-state index in [2.05, 4.69) is 20.3 Å². The average Bonchev–Trinajstić information content (AvgIpc) is 2.63. The first-order valence-electron chi connectivity index (χ1n) is 8.66. The van der Waals surface area contributed by atoms with Gasteiger partial charge in [0.2, 0.25) is 5.95 Å². The number of aromatic nitrogens is 3. The largest absolute Gasteiger partial charge is 0.456 e. The first kappa shape index (κ1) is 18.5. The van der Waals surface area contributed by atoms with Crippen molar-refractivity contribution in [3.8, 4) is 11.3 Å². The Bertz CT molecular complexity index is 950. The molecule has 0 aliphatic carbocycles. The normalized spacial score (nSPS) is 11.1. The number of aryl methyl sites for hydroxylation is 1. The molecule has 0 aliphatic rings. The number of pyridine rings is 1. The summed E-state index contributed by atoms with van der Waals surface area (Å²) in [6.45, 7) is 7.48. The van der Waals surface area contributed by atoms with Gasteiger partial charge in [-0.2, -0.15) is 0 Å². The minimum Gasteiger partial charge on any atom is -0.456 e. The lowest BCUT2D eigenvalue weighted by molar-refractivity contribution is 0.00696. The molecule has 0 fully saturated rings. The summed E-state index contributed by atoms with van der Waals surface area (Å²) >= 11 is 0. The van der Waals surface area contributed by atoms with E-state index in [4.69, 9.17) is 4.74 Å². The molecule has 6 nitrogen and oxygen atoms in total. The third-order valence-electron chi connectivity index (χ3n) is 3.73. The smallest absolute Gasteiger partial charge is 0.338 e. The molecule has 0 saturated heterocycles. The summed E-state index contributed by atoms with van der Waals surface area (Å²) in [4.78, 5) is 25.3. The summed E-state index contributed by atoms with van der Waals surface area (Å²) < 4.78 is 5.44. The number of hydrogen-bond acceptors (Lipinski definition) is 6. The zero-order valence-corrected chi connectivity index (χ0v) is 15.9. The van der Waals surface area contributed by atoms with Crippen LogP contribution in [0.25, 0.3) is 11.3 Å². The lowest BCUT2D eigenvalue weighted by atomic mass is 10.1. The van der Waals surface area contributed by atoms with Crippen LogP contribution in [0.4, 0.5) is 11.6 Å². The Hall–Kier alpha value is -3.28. The topological polar surface area (TPSA) is 77.0 Å². The molecular formula is C21H22N4O2. The number of rotatable bonds is 4. The standard InChI is InChI=1S/C21H22N4O2/c1-14-7-8-15(19(26)27-21(2,3)4)12-18(14)25-20-23-11-9-17(24-20)16-6-5-10-22-13-16/h5-13H,1-4H3,(H,23,24,25). The second kappa shape index (κ2) is 7.53. The molecule has 1 aromatic carbocycles. The molecule has 3 aromatic rings. The molecule has 6 heteroatoms. The molecule has 0 radical (unpaired) electrons. The first-order valence-corrected chi connectivity index (χ1v) is 8.66. The van der Waals surface area contributed by atoms with Gasteiger partial charge >= 0.3 is 5.97 Å². The molecule has 0 saturated carbocycles. The highest BCUT2D eigenvalue weighted by Crippen LogP contribution is 2.23. The highest BCUT2D eigenvalue weighted by molar-refractivity contribution is 5.91. The van der Waals surface area contributed by atoms with Gasteiger partial charge < -0.3 is 10.1 Å². The Morgan fingerprint density at radius 1 is 1.11 bits per heavy atom. The first-order chi connectivity index (χ1) is 12.8. The van der Waals surface area contributed by atoms with Gasteiger partial charge in [0.25, 0.3) is 0 Å². The van der Waals surface area contributed by atoms with Crippen LogP contribution >= 0.6 is 0 Å². The average molecular weight is 362 g/mol. The SMILES string of the molecule is Cc1ccc(C(=O)OC(C)(C)C)cc1Nc1nccc(-c2cccnc2)n1. The summed E-state index contributed by atoms with van der Waals surface area (Å²) in [5, 5.41) is 3.19. The zero-order valence-electron chi connectivity index (χ0n) is 15.9. The van der Waals surface area contributed by atoms with E-state index in [1.165, 1.54) is 0 Å². The molecular weight excluding hydrogens is 340 g/mol. The fraction of sp³-hybridized carbons (Fsp3) is 0.238. The number of esters is 1. The number of nitrogens with one attached hydrogen (secondary N) is 1. The van der Waals surface area contributed by atoms with Crippen LogP contribution in [0.5, 0.6) is 0 Å². The predicted molar refractivity (Wildman–Crippen MR) is 105 cm³/mol. The van der Waals surface area contributed by atoms with Crippen LogP contribution < -0.4 is 5.32 Å². The highest BCUT2D eigenvalue weighted by Gasteiger charge is 2.18. The summed E-state index contributed by atoms with van der Waals surface area (Å²) in [5.74, 6) is 0.0800. The number of hydrogen-bond donors (Lipinski definition) is 1. The van der Waals surface area contributed by atoms with E-state index in [1.807, 2.05) is 52.0 Å². The van der Waals surface area contributed by atoms with Crippen LogP contribution in [0.15, 0.2) is 55.0 Å². The molecule has 0 unspecified atom stereocenters. The minimum absolute atomic E-state index is 0.365. The second-order valence-electron chi connectivity index (χ2n) is 7.16. The van der Waals surface area contributed by atoms with E-state index in [1.54, 1.807) is 30.7 Å². The molecule has 0 spiro atoms. The Balaban J connectivity index is 1.86. The molecule has 2 heterocycles. The molecule has 0 aliphatic heterocycles. The van der Waals surface area contributed by atoms with Crippen molar-refractivity contribution in [2.75, 3.05) is 5.32 Å². The predicted octanol–water partition coefficient (Wildman–Crippen LogP) is 4.55. The Morgan fingerprint density at radius 3 is 2.63 bits per heavy atom. The number of benzene rings is 1. The van der Waals surface area contributed by atoms with E-state index in [0.717, 1.165) is 22.5 Å².